The topological polar surface area (TPSA) is 41.9 Å². The molecule has 0 N–H and O–H groups in total. The van der Waals surface area contributed by atoms with Gasteiger partial charge < -0.3 is 4.74 Å². The van der Waals surface area contributed by atoms with Gasteiger partial charge in [-0.2, -0.15) is 10.1 Å². The monoisotopic (exact) mass is 426 g/mol. The molecule has 0 bridgehead atoms. The normalized spacial score (nSPS) is 14.4. The Labute approximate surface area is 177 Å². The van der Waals surface area contributed by atoms with Crippen LogP contribution in [0.1, 0.15) is 11.1 Å². The van der Waals surface area contributed by atoms with Crippen LogP contribution in [0.25, 0.3) is 10.8 Å². The largest absolute Gasteiger partial charge is 0.488 e. The molecule has 4 rings (SSSR count). The Kier molecular flexibility index (Phi) is 5.62. The predicted octanol–water partition coefficient (Wildman–Crippen LogP) is 5.27. The number of hydrazone groups is 1. The highest BCUT2D eigenvalue weighted by molar-refractivity contribution is 8.23. The second kappa shape index (κ2) is 8.31. The van der Waals surface area contributed by atoms with Gasteiger partial charge in [-0.15, -0.1) is 0 Å². The molecule has 4 nitrogen and oxygen atoms in total. The molecule has 140 valence electrons. The molecule has 0 spiro atoms. The van der Waals surface area contributed by atoms with Crippen LogP contribution in [0.15, 0.2) is 65.8 Å². The van der Waals surface area contributed by atoms with Crippen LogP contribution >= 0.6 is 35.6 Å². The van der Waals surface area contributed by atoms with Crippen LogP contribution in [0.5, 0.6) is 5.75 Å². The summed E-state index contributed by atoms with van der Waals surface area (Å²) >= 11 is 12.5. The lowest BCUT2D eigenvalue weighted by molar-refractivity contribution is -0.123. The summed E-state index contributed by atoms with van der Waals surface area (Å²) in [5.74, 6) is 0.892. The van der Waals surface area contributed by atoms with E-state index in [1.54, 1.807) is 6.21 Å². The van der Waals surface area contributed by atoms with Crippen LogP contribution in [-0.2, 0) is 11.4 Å². The van der Waals surface area contributed by atoms with Crippen molar-refractivity contribution in [2.24, 2.45) is 5.10 Å². The van der Waals surface area contributed by atoms with E-state index in [9.17, 15) is 4.79 Å². The van der Waals surface area contributed by atoms with E-state index in [1.165, 1.54) is 16.8 Å². The molecule has 1 heterocycles. The number of thioether (sulfide) groups is 1. The first-order chi connectivity index (χ1) is 13.6. The molecule has 1 fully saturated rings. The third-order valence-electron chi connectivity index (χ3n) is 4.27. The number of carbonyl (C=O) groups is 1. The molecular weight excluding hydrogens is 412 g/mol. The van der Waals surface area contributed by atoms with Crippen LogP contribution in [-0.4, -0.2) is 27.2 Å². The Morgan fingerprint density at radius 1 is 1.14 bits per heavy atom. The van der Waals surface area contributed by atoms with Crippen LogP contribution in [0.3, 0.4) is 0 Å². The van der Waals surface area contributed by atoms with E-state index in [2.05, 4.69) is 5.10 Å². The SMILES string of the molecule is O=C1CSC(=S)N1/N=C/c1c(OCc2ccc(Cl)cc2)ccc2ccccc12. The average Bonchev–Trinajstić information content (AvgIpc) is 3.03. The highest BCUT2D eigenvalue weighted by Crippen LogP contribution is 2.28. The van der Waals surface area contributed by atoms with Gasteiger partial charge in [-0.05, 0) is 34.5 Å². The summed E-state index contributed by atoms with van der Waals surface area (Å²) < 4.78 is 6.53. The lowest BCUT2D eigenvalue weighted by Gasteiger charge is -2.13. The fourth-order valence-corrected chi connectivity index (χ4v) is 3.94. The zero-order valence-corrected chi connectivity index (χ0v) is 17.1. The second-order valence-corrected chi connectivity index (χ2v) is 8.16. The van der Waals surface area contributed by atoms with Crippen LogP contribution in [0, 0.1) is 0 Å². The minimum atomic E-state index is -0.116. The van der Waals surface area contributed by atoms with Crippen molar-refractivity contribution in [2.75, 3.05) is 5.75 Å². The van der Waals surface area contributed by atoms with Crippen molar-refractivity contribution >= 4 is 62.8 Å². The summed E-state index contributed by atoms with van der Waals surface area (Å²) in [5.41, 5.74) is 1.81. The van der Waals surface area contributed by atoms with Gasteiger partial charge >= 0.3 is 0 Å². The highest BCUT2D eigenvalue weighted by atomic mass is 35.5. The minimum Gasteiger partial charge on any atom is -0.488 e. The first-order valence-electron chi connectivity index (χ1n) is 8.54. The maximum Gasteiger partial charge on any atom is 0.259 e. The van der Waals surface area contributed by atoms with Gasteiger partial charge in [-0.25, -0.2) is 0 Å². The molecule has 7 heteroatoms. The third-order valence-corrected chi connectivity index (χ3v) is 5.86. The molecule has 1 aliphatic rings. The number of rotatable bonds is 5. The molecule has 0 saturated carbocycles. The van der Waals surface area contributed by atoms with Crippen LogP contribution in [0.4, 0.5) is 0 Å². The van der Waals surface area contributed by atoms with Crippen molar-refractivity contribution in [3.63, 3.8) is 0 Å². The summed E-state index contributed by atoms with van der Waals surface area (Å²) in [6, 6.07) is 19.4. The Bertz CT molecular complexity index is 1070. The molecular formula is C21H15ClN2O2S2. The zero-order chi connectivity index (χ0) is 19.5. The van der Waals surface area contributed by atoms with E-state index < -0.39 is 0 Å². The number of nitrogens with zero attached hydrogens (tertiary/aromatic N) is 2. The molecule has 0 aromatic heterocycles. The summed E-state index contributed by atoms with van der Waals surface area (Å²) in [7, 11) is 0. The molecule has 0 atom stereocenters. The number of amides is 1. The molecule has 3 aromatic carbocycles. The second-order valence-electron chi connectivity index (χ2n) is 6.12. The average molecular weight is 427 g/mol. The molecule has 1 amide bonds. The highest BCUT2D eigenvalue weighted by Gasteiger charge is 2.26. The minimum absolute atomic E-state index is 0.116. The van der Waals surface area contributed by atoms with Gasteiger partial charge in [-0.3, -0.25) is 4.79 Å². The first-order valence-corrected chi connectivity index (χ1v) is 10.3. The molecule has 0 aliphatic carbocycles. The quantitative estimate of drug-likeness (QED) is 0.412. The zero-order valence-electron chi connectivity index (χ0n) is 14.7. The lowest BCUT2D eigenvalue weighted by Crippen LogP contribution is -2.22. The summed E-state index contributed by atoms with van der Waals surface area (Å²) in [4.78, 5) is 12.0. The number of thiocarbonyl (C=S) groups is 1. The maximum absolute atomic E-state index is 12.0. The fourth-order valence-electron chi connectivity index (χ4n) is 2.85. The van der Waals surface area contributed by atoms with E-state index >= 15 is 0 Å². The van der Waals surface area contributed by atoms with Crippen molar-refractivity contribution < 1.29 is 9.53 Å². The molecule has 3 aromatic rings. The van der Waals surface area contributed by atoms with Crippen molar-refractivity contribution in [3.05, 3.63) is 76.8 Å². The Hall–Kier alpha value is -2.41. The van der Waals surface area contributed by atoms with Crippen molar-refractivity contribution in [2.45, 2.75) is 6.61 Å². The number of benzene rings is 3. The van der Waals surface area contributed by atoms with E-state index in [4.69, 9.17) is 28.6 Å². The number of hydrogen-bond acceptors (Lipinski definition) is 5. The fraction of sp³-hybridized carbons (Fsp3) is 0.0952. The predicted molar refractivity (Wildman–Crippen MR) is 119 cm³/mol. The molecule has 0 unspecified atom stereocenters. The molecule has 1 saturated heterocycles. The van der Waals surface area contributed by atoms with Gasteiger partial charge in [0.05, 0.1) is 12.0 Å². The standard InChI is InChI=1S/C21H15ClN2O2S2/c22-16-8-5-14(6-9-16)12-26-19-10-7-15-3-1-2-4-17(15)18(19)11-23-24-20(25)13-28-21(24)27/h1-11H,12-13H2/b23-11+. The smallest absolute Gasteiger partial charge is 0.259 e. The summed E-state index contributed by atoms with van der Waals surface area (Å²) in [6.07, 6.45) is 1.65. The van der Waals surface area contributed by atoms with Gasteiger partial charge in [0.2, 0.25) is 0 Å². The number of ether oxygens (including phenoxy) is 1. The first kappa shape index (κ1) is 18.9. The van der Waals surface area contributed by atoms with Gasteiger partial charge in [-0.1, -0.05) is 78.0 Å². The van der Waals surface area contributed by atoms with Gasteiger partial charge in [0.25, 0.3) is 5.91 Å². The number of carbonyl (C=O) groups excluding carboxylic acids is 1. The Morgan fingerprint density at radius 2 is 1.93 bits per heavy atom. The van der Waals surface area contributed by atoms with Crippen molar-refractivity contribution in [1.29, 1.82) is 0 Å². The maximum atomic E-state index is 12.0. The lowest BCUT2D eigenvalue weighted by atomic mass is 10.0. The van der Waals surface area contributed by atoms with Crippen LogP contribution in [0.2, 0.25) is 5.02 Å². The van der Waals surface area contributed by atoms with Crippen LogP contribution < -0.4 is 4.74 Å². The summed E-state index contributed by atoms with van der Waals surface area (Å²) in [5, 5.41) is 8.34. The molecule has 1 aliphatic heterocycles. The third kappa shape index (κ3) is 4.04. The molecule has 28 heavy (non-hydrogen) atoms. The van der Waals surface area contributed by atoms with Crippen molar-refractivity contribution in [1.82, 2.24) is 5.01 Å². The van der Waals surface area contributed by atoms with E-state index in [-0.39, 0.29) is 5.91 Å². The number of hydrogen-bond donors (Lipinski definition) is 0. The van der Waals surface area contributed by atoms with Gasteiger partial charge in [0.1, 0.15) is 12.4 Å². The summed E-state index contributed by atoms with van der Waals surface area (Å²) in [6.45, 7) is 0.396. The van der Waals surface area contributed by atoms with Gasteiger partial charge in [0.15, 0.2) is 4.32 Å². The Morgan fingerprint density at radius 3 is 2.68 bits per heavy atom. The van der Waals surface area contributed by atoms with E-state index in [0.29, 0.717) is 27.5 Å². The van der Waals surface area contributed by atoms with E-state index in [1.807, 2.05) is 60.7 Å². The molecule has 0 radical (unpaired) electrons. The van der Waals surface area contributed by atoms with Gasteiger partial charge in [0, 0.05) is 10.6 Å². The number of fused-ring (bicyclic) bond motifs is 1. The number of halogens is 1. The van der Waals surface area contributed by atoms with E-state index in [0.717, 1.165) is 21.9 Å². The Balaban J connectivity index is 1.67. The van der Waals surface area contributed by atoms with Crippen molar-refractivity contribution in [3.8, 4) is 5.75 Å².